The van der Waals surface area contributed by atoms with Gasteiger partial charge >= 0.3 is 10.8 Å². The number of carbonyl (C=O) groups is 3. The van der Waals surface area contributed by atoms with Crippen LogP contribution in [-0.4, -0.2) is 49.0 Å². The number of imide groups is 1. The average molecular weight is 500 g/mol. The Bertz CT molecular complexity index is 1240. The normalized spacial score (nSPS) is 34.3. The highest BCUT2D eigenvalue weighted by Gasteiger charge is 2.70. The molecule has 34 heavy (non-hydrogen) atoms. The molecule has 6 rings (SSSR count). The van der Waals surface area contributed by atoms with Crippen LogP contribution in [-0.2, 0) is 14.4 Å². The van der Waals surface area contributed by atoms with Crippen molar-refractivity contribution >= 4 is 40.9 Å². The number of likely N-dealkylation sites (tertiary alicyclic amines) is 1. The van der Waals surface area contributed by atoms with E-state index < -0.39 is 23.8 Å². The van der Waals surface area contributed by atoms with Gasteiger partial charge in [0.2, 0.25) is 11.8 Å². The fourth-order valence-electron chi connectivity index (χ4n) is 7.04. The number of amides is 2. The van der Waals surface area contributed by atoms with Gasteiger partial charge in [0.15, 0.2) is 0 Å². The molecule has 10 heteroatoms. The maximum Gasteiger partial charge on any atom is 0.326 e. The van der Waals surface area contributed by atoms with Crippen LogP contribution in [0.4, 0.5) is 0 Å². The van der Waals surface area contributed by atoms with Crippen LogP contribution in [0.25, 0.3) is 0 Å². The molecule has 1 saturated heterocycles. The summed E-state index contributed by atoms with van der Waals surface area (Å²) in [5.74, 6) is -2.71. The Hall–Kier alpha value is -2.46. The van der Waals surface area contributed by atoms with Crippen molar-refractivity contribution in [1.82, 2.24) is 14.9 Å². The zero-order valence-electron chi connectivity index (χ0n) is 18.7. The van der Waals surface area contributed by atoms with Crippen molar-refractivity contribution in [3.63, 3.8) is 0 Å². The molecule has 2 aliphatic carbocycles. The lowest BCUT2D eigenvalue weighted by Crippen LogP contribution is -2.47. The minimum absolute atomic E-state index is 0.0179. The predicted molar refractivity (Wildman–Crippen MR) is 125 cm³/mol. The Morgan fingerprint density at radius 2 is 1.97 bits per heavy atom. The molecule has 2 aromatic rings. The number of fused-ring (bicyclic) bond motifs is 9. The second kappa shape index (κ2) is 7.78. The standard InChI is InChI=1S/C24H25N3O5S2/c1-9(2)6-13(23(30)31)27-21(28)16-11-7-12(17(16)22(27)29)18-15(11)14(10-4-3-5-25-8-10)19-20(33-18)26-24(32)34-19/h3-5,8-9,11-18H,6-7H2,1-2H3,(H,26,32)(H,30,31)/t11-,12-,13-,14+,15-,16+,17-,18-/m1/s1. The fraction of sp³-hybridized carbons (Fsp3) is 0.542. The van der Waals surface area contributed by atoms with E-state index in [0.29, 0.717) is 0 Å². The van der Waals surface area contributed by atoms with E-state index in [0.717, 1.165) is 26.8 Å². The first-order chi connectivity index (χ1) is 16.3. The average Bonchev–Trinajstić information content (AvgIpc) is 3.51. The molecule has 0 radical (unpaired) electrons. The first-order valence-electron chi connectivity index (χ1n) is 11.7. The Labute approximate surface area is 204 Å². The molecule has 3 fully saturated rings. The Balaban J connectivity index is 1.42. The molecule has 2 saturated carbocycles. The van der Waals surface area contributed by atoms with E-state index in [1.54, 1.807) is 18.0 Å². The molecule has 2 aliphatic heterocycles. The third-order valence-electron chi connectivity index (χ3n) is 8.09. The summed E-state index contributed by atoms with van der Waals surface area (Å²) in [6, 6.07) is 2.78. The monoisotopic (exact) mass is 499 g/mol. The maximum atomic E-state index is 13.7. The van der Waals surface area contributed by atoms with Gasteiger partial charge in [0.1, 0.15) is 6.04 Å². The van der Waals surface area contributed by atoms with Crippen molar-refractivity contribution in [2.45, 2.75) is 48.9 Å². The number of carboxylic acid groups (broad SMARTS) is 1. The number of pyridine rings is 1. The number of rotatable bonds is 5. The summed E-state index contributed by atoms with van der Waals surface area (Å²) in [6.45, 7) is 3.79. The van der Waals surface area contributed by atoms with Gasteiger partial charge in [-0.25, -0.2) is 4.79 Å². The highest BCUT2D eigenvalue weighted by Crippen LogP contribution is 2.68. The van der Waals surface area contributed by atoms with Gasteiger partial charge in [0, 0.05) is 28.4 Å². The largest absolute Gasteiger partial charge is 0.480 e. The van der Waals surface area contributed by atoms with Gasteiger partial charge in [0.05, 0.1) is 16.9 Å². The molecular weight excluding hydrogens is 474 g/mol. The molecule has 2 aromatic heterocycles. The fourth-order valence-corrected chi connectivity index (χ4v) is 9.93. The number of hydrogen-bond donors (Lipinski definition) is 2. The number of thiazole rings is 1. The highest BCUT2D eigenvalue weighted by molar-refractivity contribution is 8.00. The van der Waals surface area contributed by atoms with E-state index >= 15 is 0 Å². The summed E-state index contributed by atoms with van der Waals surface area (Å²) in [4.78, 5) is 60.8. The van der Waals surface area contributed by atoms with E-state index in [1.807, 2.05) is 32.2 Å². The van der Waals surface area contributed by atoms with Crippen molar-refractivity contribution in [2.24, 2.45) is 35.5 Å². The van der Waals surface area contributed by atoms with Crippen molar-refractivity contribution in [2.75, 3.05) is 0 Å². The topological polar surface area (TPSA) is 120 Å². The first-order valence-corrected chi connectivity index (χ1v) is 13.4. The van der Waals surface area contributed by atoms with Crippen molar-refractivity contribution < 1.29 is 19.5 Å². The number of aromatic nitrogens is 2. The van der Waals surface area contributed by atoms with Crippen LogP contribution in [0.3, 0.4) is 0 Å². The minimum Gasteiger partial charge on any atom is -0.480 e. The van der Waals surface area contributed by atoms with Gasteiger partial charge in [-0.05, 0) is 48.1 Å². The molecule has 2 N–H and O–H groups in total. The van der Waals surface area contributed by atoms with Crippen LogP contribution in [0.2, 0.25) is 0 Å². The summed E-state index contributed by atoms with van der Waals surface area (Å²) in [6.07, 6.45) is 4.57. The van der Waals surface area contributed by atoms with Crippen LogP contribution in [0.1, 0.15) is 43.0 Å². The zero-order chi connectivity index (χ0) is 23.9. The van der Waals surface area contributed by atoms with E-state index in [-0.39, 0.29) is 57.9 Å². The third kappa shape index (κ3) is 3.00. The van der Waals surface area contributed by atoms with Gasteiger partial charge in [0.25, 0.3) is 0 Å². The number of aromatic amines is 1. The van der Waals surface area contributed by atoms with Crippen molar-refractivity contribution in [3.8, 4) is 0 Å². The lowest BCUT2D eigenvalue weighted by atomic mass is 9.68. The number of aliphatic carboxylic acids is 1. The molecule has 8 nitrogen and oxygen atoms in total. The van der Waals surface area contributed by atoms with Crippen LogP contribution in [0.15, 0.2) is 34.3 Å². The molecule has 0 aromatic carbocycles. The minimum atomic E-state index is -1.12. The lowest BCUT2D eigenvalue weighted by molar-refractivity contribution is -0.156. The van der Waals surface area contributed by atoms with Gasteiger partial charge in [-0.1, -0.05) is 31.3 Å². The molecule has 2 bridgehead atoms. The Morgan fingerprint density at radius 3 is 2.62 bits per heavy atom. The number of nitrogens with one attached hydrogen (secondary N) is 1. The van der Waals surface area contributed by atoms with Crippen LogP contribution < -0.4 is 4.87 Å². The van der Waals surface area contributed by atoms with E-state index in [9.17, 15) is 24.3 Å². The second-order valence-corrected chi connectivity index (χ2v) is 12.5. The van der Waals surface area contributed by atoms with Crippen LogP contribution >= 0.6 is 23.1 Å². The summed E-state index contributed by atoms with van der Waals surface area (Å²) in [5.41, 5.74) is 1.01. The molecular formula is C24H25N3O5S2. The molecule has 8 atom stereocenters. The van der Waals surface area contributed by atoms with Crippen molar-refractivity contribution in [3.05, 3.63) is 44.6 Å². The number of hydrogen-bond acceptors (Lipinski definition) is 7. The van der Waals surface area contributed by atoms with Gasteiger partial charge in [-0.2, -0.15) is 0 Å². The molecule has 0 spiro atoms. The second-order valence-electron chi connectivity index (χ2n) is 10.3. The van der Waals surface area contributed by atoms with Crippen LogP contribution in [0.5, 0.6) is 0 Å². The molecule has 4 aliphatic rings. The Morgan fingerprint density at radius 1 is 1.24 bits per heavy atom. The van der Waals surface area contributed by atoms with E-state index in [2.05, 4.69) is 9.97 Å². The zero-order valence-corrected chi connectivity index (χ0v) is 20.3. The lowest BCUT2D eigenvalue weighted by Gasteiger charge is -2.42. The summed E-state index contributed by atoms with van der Waals surface area (Å²) in [5, 5.41) is 10.8. The third-order valence-corrected chi connectivity index (χ3v) is 10.7. The molecule has 0 unspecified atom stereocenters. The predicted octanol–water partition coefficient (Wildman–Crippen LogP) is 2.80. The van der Waals surface area contributed by atoms with Gasteiger partial charge < -0.3 is 10.1 Å². The summed E-state index contributed by atoms with van der Waals surface area (Å²) >= 11 is 2.84. The van der Waals surface area contributed by atoms with Gasteiger partial charge in [-0.15, -0.1) is 11.8 Å². The number of carboxylic acids is 1. The Kier molecular flexibility index (Phi) is 5.04. The maximum absolute atomic E-state index is 13.7. The quantitative estimate of drug-likeness (QED) is 0.607. The SMILES string of the molecule is CC(C)C[C@H](C(=O)O)N1C(=O)[C@@H]2[C@H]3C[C@@H]([C@@H]2C1=O)[C@@H]1[C@H](c2cccnc2)c2sc(=O)[nH]c2S[C@H]31. The highest BCUT2D eigenvalue weighted by atomic mass is 32.2. The summed E-state index contributed by atoms with van der Waals surface area (Å²) in [7, 11) is 0. The number of thioether (sulfide) groups is 1. The van der Waals surface area contributed by atoms with Gasteiger partial charge in [-0.3, -0.25) is 24.3 Å². The first kappa shape index (κ1) is 22.0. The molecule has 178 valence electrons. The van der Waals surface area contributed by atoms with Crippen molar-refractivity contribution in [1.29, 1.82) is 0 Å². The summed E-state index contributed by atoms with van der Waals surface area (Å²) < 4.78 is 0. The van der Waals surface area contributed by atoms with E-state index in [4.69, 9.17) is 0 Å². The number of H-pyrrole nitrogens is 1. The number of nitrogens with zero attached hydrogens (tertiary/aromatic N) is 2. The number of carbonyl (C=O) groups excluding carboxylic acids is 2. The van der Waals surface area contributed by atoms with E-state index in [1.165, 1.54) is 11.3 Å². The molecule has 4 heterocycles. The smallest absolute Gasteiger partial charge is 0.326 e. The molecule has 2 amide bonds. The van der Waals surface area contributed by atoms with Crippen LogP contribution in [0, 0.1) is 35.5 Å².